The highest BCUT2D eigenvalue weighted by atomic mass is 79.9. The molecule has 22 heavy (non-hydrogen) atoms. The van der Waals surface area contributed by atoms with Gasteiger partial charge >= 0.3 is 6.09 Å². The van der Waals surface area contributed by atoms with Crippen LogP contribution in [-0.2, 0) is 11.3 Å². The standard InChI is InChI=1S/C15H17BrN4O2/c1-5-19(14(21)22-15(2,3)4)20-9-10-8-11(16)6-7-12(10)18-13(20)17/h1,6-8H,9H2,2-4H3,(H2,17,18). The van der Waals surface area contributed by atoms with Crippen LogP contribution in [0.1, 0.15) is 26.3 Å². The van der Waals surface area contributed by atoms with E-state index in [1.807, 2.05) is 18.2 Å². The molecule has 0 bridgehead atoms. The first-order valence-corrected chi connectivity index (χ1v) is 7.40. The van der Waals surface area contributed by atoms with Crippen molar-refractivity contribution in [3.05, 3.63) is 28.2 Å². The van der Waals surface area contributed by atoms with Crippen LogP contribution in [0.4, 0.5) is 10.5 Å². The highest BCUT2D eigenvalue weighted by Crippen LogP contribution is 2.29. The molecule has 0 aliphatic carbocycles. The number of hydrazine groups is 1. The first kappa shape index (κ1) is 16.2. The van der Waals surface area contributed by atoms with Crippen molar-refractivity contribution < 1.29 is 9.53 Å². The summed E-state index contributed by atoms with van der Waals surface area (Å²) in [6.45, 7) is 5.62. The van der Waals surface area contributed by atoms with Gasteiger partial charge in [0, 0.05) is 16.1 Å². The minimum absolute atomic E-state index is 0.138. The van der Waals surface area contributed by atoms with Crippen molar-refractivity contribution in [3.8, 4) is 12.5 Å². The Morgan fingerprint density at radius 2 is 2.23 bits per heavy atom. The topological polar surface area (TPSA) is 71.2 Å². The number of aliphatic imine (C=N–C) groups is 1. The number of guanidine groups is 1. The fourth-order valence-corrected chi connectivity index (χ4v) is 2.32. The third-order valence-corrected chi connectivity index (χ3v) is 3.28. The van der Waals surface area contributed by atoms with Crippen molar-refractivity contribution in [2.24, 2.45) is 10.7 Å². The van der Waals surface area contributed by atoms with Gasteiger partial charge in [-0.25, -0.2) is 14.8 Å². The number of ether oxygens (including phenoxy) is 1. The second-order valence-corrected chi connectivity index (χ2v) is 6.64. The van der Waals surface area contributed by atoms with E-state index >= 15 is 0 Å². The number of rotatable bonds is 1. The number of carbonyl (C=O) groups excluding carboxylic acids is 1. The molecule has 1 aliphatic heterocycles. The highest BCUT2D eigenvalue weighted by molar-refractivity contribution is 9.10. The lowest BCUT2D eigenvalue weighted by Gasteiger charge is -2.34. The number of terminal acetylenes is 1. The van der Waals surface area contributed by atoms with Crippen molar-refractivity contribution in [1.82, 2.24) is 10.0 Å². The third-order valence-electron chi connectivity index (χ3n) is 2.79. The van der Waals surface area contributed by atoms with Crippen LogP contribution in [0.3, 0.4) is 0 Å². The molecule has 0 saturated heterocycles. The monoisotopic (exact) mass is 364 g/mol. The molecule has 0 aromatic heterocycles. The van der Waals surface area contributed by atoms with Gasteiger partial charge in [-0.15, -0.1) is 5.01 Å². The smallest absolute Gasteiger partial charge is 0.441 e. The summed E-state index contributed by atoms with van der Waals surface area (Å²) in [6.07, 6.45) is 4.77. The van der Waals surface area contributed by atoms with E-state index in [0.717, 1.165) is 20.7 Å². The van der Waals surface area contributed by atoms with Crippen molar-refractivity contribution in [2.45, 2.75) is 32.9 Å². The lowest BCUT2D eigenvalue weighted by Crippen LogP contribution is -2.52. The minimum atomic E-state index is -0.674. The number of nitrogens with two attached hydrogens (primary N) is 1. The van der Waals surface area contributed by atoms with E-state index in [1.165, 1.54) is 5.01 Å². The number of hydrogen-bond acceptors (Lipinski definition) is 5. The van der Waals surface area contributed by atoms with Gasteiger partial charge in [-0.3, -0.25) is 0 Å². The summed E-state index contributed by atoms with van der Waals surface area (Å²) in [5, 5.41) is 2.40. The lowest BCUT2D eigenvalue weighted by molar-refractivity contribution is 0.000505. The van der Waals surface area contributed by atoms with E-state index in [9.17, 15) is 4.79 Å². The first-order valence-electron chi connectivity index (χ1n) is 6.60. The molecule has 0 saturated carbocycles. The molecule has 0 fully saturated rings. The Morgan fingerprint density at radius 3 is 2.82 bits per heavy atom. The number of carbonyl (C=O) groups is 1. The molecule has 116 valence electrons. The fraction of sp³-hybridized carbons (Fsp3) is 0.333. The average molecular weight is 365 g/mol. The Morgan fingerprint density at radius 1 is 1.55 bits per heavy atom. The molecule has 6 nitrogen and oxygen atoms in total. The van der Waals surface area contributed by atoms with Gasteiger partial charge < -0.3 is 10.5 Å². The zero-order valence-corrected chi connectivity index (χ0v) is 14.2. The first-order chi connectivity index (χ1) is 10.2. The molecular weight excluding hydrogens is 348 g/mol. The Hall–Kier alpha value is -2.20. The lowest BCUT2D eigenvalue weighted by atomic mass is 10.1. The number of fused-ring (bicyclic) bond motifs is 1. The van der Waals surface area contributed by atoms with Crippen molar-refractivity contribution in [2.75, 3.05) is 0 Å². The Labute approximate surface area is 138 Å². The van der Waals surface area contributed by atoms with Crippen molar-refractivity contribution in [3.63, 3.8) is 0 Å². The van der Waals surface area contributed by atoms with Gasteiger partial charge in [-0.2, -0.15) is 0 Å². The molecule has 0 spiro atoms. The average Bonchev–Trinajstić information content (AvgIpc) is 2.38. The number of amides is 1. The van der Waals surface area contributed by atoms with E-state index in [4.69, 9.17) is 16.9 Å². The van der Waals surface area contributed by atoms with E-state index in [0.29, 0.717) is 6.54 Å². The van der Waals surface area contributed by atoms with Crippen LogP contribution < -0.4 is 5.73 Å². The molecule has 1 aromatic rings. The van der Waals surface area contributed by atoms with Crippen LogP contribution in [0.15, 0.2) is 27.7 Å². The van der Waals surface area contributed by atoms with Gasteiger partial charge in [-0.1, -0.05) is 22.4 Å². The zero-order chi connectivity index (χ0) is 16.5. The van der Waals surface area contributed by atoms with Crippen LogP contribution >= 0.6 is 15.9 Å². The van der Waals surface area contributed by atoms with E-state index in [-0.39, 0.29) is 5.96 Å². The summed E-state index contributed by atoms with van der Waals surface area (Å²) < 4.78 is 6.20. The van der Waals surface area contributed by atoms with Gasteiger partial charge in [-0.05, 0) is 39.0 Å². The van der Waals surface area contributed by atoms with E-state index in [1.54, 1.807) is 20.8 Å². The maximum absolute atomic E-state index is 12.2. The predicted molar refractivity (Wildman–Crippen MR) is 87.9 cm³/mol. The second-order valence-electron chi connectivity index (χ2n) is 5.72. The van der Waals surface area contributed by atoms with Gasteiger partial charge in [0.1, 0.15) is 5.60 Å². The molecule has 1 amide bonds. The second kappa shape index (κ2) is 5.89. The molecule has 0 atom stereocenters. The van der Waals surface area contributed by atoms with Gasteiger partial charge in [0.2, 0.25) is 5.96 Å². The minimum Gasteiger partial charge on any atom is -0.442 e. The van der Waals surface area contributed by atoms with Gasteiger partial charge in [0.15, 0.2) is 0 Å². The molecule has 2 N–H and O–H groups in total. The summed E-state index contributed by atoms with van der Waals surface area (Å²) in [5.74, 6) is 0.138. The Bertz CT molecular complexity index is 673. The fourth-order valence-electron chi connectivity index (χ4n) is 1.91. The summed E-state index contributed by atoms with van der Waals surface area (Å²) in [5.41, 5.74) is 6.92. The molecule has 1 heterocycles. The molecule has 2 rings (SSSR count). The van der Waals surface area contributed by atoms with Crippen LogP contribution in [0.5, 0.6) is 0 Å². The Kier molecular flexibility index (Phi) is 4.33. The van der Waals surface area contributed by atoms with Crippen LogP contribution in [-0.4, -0.2) is 27.7 Å². The largest absolute Gasteiger partial charge is 0.442 e. The number of halogens is 1. The molecule has 0 unspecified atom stereocenters. The molecule has 0 radical (unpaired) electrons. The van der Waals surface area contributed by atoms with Crippen LogP contribution in [0, 0.1) is 12.5 Å². The van der Waals surface area contributed by atoms with Crippen LogP contribution in [0.25, 0.3) is 0 Å². The SMILES string of the molecule is C#CN(C(=O)OC(C)(C)C)N1Cc2cc(Br)ccc2N=C1N. The van der Waals surface area contributed by atoms with Gasteiger partial charge in [0.25, 0.3) is 0 Å². The molecule has 1 aliphatic rings. The summed E-state index contributed by atoms with van der Waals surface area (Å²) in [6, 6.07) is 7.90. The molecule has 1 aromatic carbocycles. The maximum atomic E-state index is 12.2. The quantitative estimate of drug-likeness (QED) is 0.614. The summed E-state index contributed by atoms with van der Waals surface area (Å²) in [4.78, 5) is 16.5. The van der Waals surface area contributed by atoms with E-state index in [2.05, 4.69) is 27.0 Å². The predicted octanol–water partition coefficient (Wildman–Crippen LogP) is 2.95. The summed E-state index contributed by atoms with van der Waals surface area (Å²) >= 11 is 3.40. The van der Waals surface area contributed by atoms with E-state index < -0.39 is 11.7 Å². The molecular formula is C15H17BrN4O2. The van der Waals surface area contributed by atoms with Crippen molar-refractivity contribution in [1.29, 1.82) is 0 Å². The van der Waals surface area contributed by atoms with Crippen LogP contribution in [0.2, 0.25) is 0 Å². The molecule has 7 heteroatoms. The highest BCUT2D eigenvalue weighted by Gasteiger charge is 2.30. The third kappa shape index (κ3) is 3.52. The normalized spacial score (nSPS) is 13.8. The number of nitrogens with zero attached hydrogens (tertiary/aromatic N) is 3. The summed E-state index contributed by atoms with van der Waals surface area (Å²) in [7, 11) is 0. The Balaban J connectivity index is 2.29. The number of benzene rings is 1. The zero-order valence-electron chi connectivity index (χ0n) is 12.6. The maximum Gasteiger partial charge on any atom is 0.441 e. The number of hydrogen-bond donors (Lipinski definition) is 1. The van der Waals surface area contributed by atoms with Crippen molar-refractivity contribution >= 4 is 33.7 Å². The van der Waals surface area contributed by atoms with Gasteiger partial charge in [0.05, 0.1) is 12.2 Å².